The zero-order valence-corrected chi connectivity index (χ0v) is 24.2. The highest BCUT2D eigenvalue weighted by atomic mass is 32.2. The van der Waals surface area contributed by atoms with Gasteiger partial charge in [-0.2, -0.15) is 4.31 Å². The third-order valence-corrected chi connectivity index (χ3v) is 10.3. The molecule has 1 N–H and O–H groups in total. The van der Waals surface area contributed by atoms with Crippen molar-refractivity contribution in [3.05, 3.63) is 81.7 Å². The Morgan fingerprint density at radius 2 is 1.90 bits per heavy atom. The average Bonchev–Trinajstić information content (AvgIpc) is 3.60. The van der Waals surface area contributed by atoms with Crippen molar-refractivity contribution in [2.75, 3.05) is 39.2 Å². The molecule has 40 heavy (non-hydrogen) atoms. The van der Waals surface area contributed by atoms with E-state index in [0.717, 1.165) is 36.4 Å². The molecule has 0 spiro atoms. The number of carbonyl (C=O) groups is 2. The first-order valence-electron chi connectivity index (χ1n) is 13.2. The first-order valence-corrected chi connectivity index (χ1v) is 15.5. The molecule has 1 saturated heterocycles. The van der Waals surface area contributed by atoms with Crippen LogP contribution in [-0.4, -0.2) is 69.5 Å². The van der Waals surface area contributed by atoms with Crippen molar-refractivity contribution in [2.24, 2.45) is 0 Å². The van der Waals surface area contributed by atoms with Crippen LogP contribution >= 0.6 is 11.3 Å². The minimum absolute atomic E-state index is 0.101. The van der Waals surface area contributed by atoms with Gasteiger partial charge in [0.1, 0.15) is 5.00 Å². The van der Waals surface area contributed by atoms with Crippen LogP contribution in [0.3, 0.4) is 0 Å². The van der Waals surface area contributed by atoms with Crippen molar-refractivity contribution in [3.63, 3.8) is 0 Å². The Bertz CT molecular complexity index is 1470. The standard InChI is InChI=1S/C29H33N3O6S2/c1-31(18-22-9-6-16-38-22)40(35,36)23-12-10-21(11-13-23)27(33)30-28-26(29(34)37-2)24-14-15-32(19-25(24)39-28)17-20-7-4-3-5-8-20/h3-5,7-8,10-13,22H,6,9,14-19H2,1-2H3,(H,30,33). The Morgan fingerprint density at radius 1 is 1.15 bits per heavy atom. The number of nitrogens with one attached hydrogen (secondary N) is 1. The Labute approximate surface area is 238 Å². The third-order valence-electron chi connectivity index (χ3n) is 7.31. The van der Waals surface area contributed by atoms with E-state index in [1.807, 2.05) is 18.2 Å². The van der Waals surface area contributed by atoms with Gasteiger partial charge in [-0.15, -0.1) is 11.3 Å². The van der Waals surface area contributed by atoms with Crippen LogP contribution in [0.5, 0.6) is 0 Å². The Morgan fingerprint density at radius 3 is 2.58 bits per heavy atom. The average molecular weight is 584 g/mol. The minimum Gasteiger partial charge on any atom is -0.465 e. The number of carbonyl (C=O) groups excluding carboxylic acids is 2. The van der Waals surface area contributed by atoms with E-state index < -0.39 is 21.9 Å². The third kappa shape index (κ3) is 6.13. The van der Waals surface area contributed by atoms with Crippen molar-refractivity contribution in [1.29, 1.82) is 0 Å². The second-order valence-electron chi connectivity index (χ2n) is 10.0. The fourth-order valence-corrected chi connectivity index (χ4v) is 7.62. The van der Waals surface area contributed by atoms with Gasteiger partial charge in [0.15, 0.2) is 0 Å². The molecule has 3 aromatic rings. The van der Waals surface area contributed by atoms with Crippen LogP contribution in [0.4, 0.5) is 5.00 Å². The number of sulfonamides is 1. The normalized spacial score (nSPS) is 17.5. The maximum absolute atomic E-state index is 13.2. The van der Waals surface area contributed by atoms with Crippen LogP contribution in [0.25, 0.3) is 0 Å². The highest BCUT2D eigenvalue weighted by Crippen LogP contribution is 2.38. The van der Waals surface area contributed by atoms with Crippen molar-refractivity contribution in [1.82, 2.24) is 9.21 Å². The van der Waals surface area contributed by atoms with Gasteiger partial charge in [-0.25, -0.2) is 13.2 Å². The summed E-state index contributed by atoms with van der Waals surface area (Å²) in [5.41, 5.74) is 2.80. The molecule has 9 nitrogen and oxygen atoms in total. The summed E-state index contributed by atoms with van der Waals surface area (Å²) in [6.07, 6.45) is 2.34. The van der Waals surface area contributed by atoms with E-state index in [0.29, 0.717) is 30.1 Å². The number of nitrogens with zero attached hydrogens (tertiary/aromatic N) is 2. The van der Waals surface area contributed by atoms with E-state index in [9.17, 15) is 18.0 Å². The van der Waals surface area contributed by atoms with Crippen molar-refractivity contribution in [2.45, 2.75) is 43.4 Å². The molecule has 11 heteroatoms. The molecule has 3 heterocycles. The number of rotatable bonds is 9. The number of thiophene rings is 1. The summed E-state index contributed by atoms with van der Waals surface area (Å²) < 4.78 is 37.9. The molecule has 0 bridgehead atoms. The van der Waals surface area contributed by atoms with E-state index in [1.165, 1.54) is 59.6 Å². The number of likely N-dealkylation sites (N-methyl/N-ethyl adjacent to an activating group) is 1. The highest BCUT2D eigenvalue weighted by Gasteiger charge is 2.30. The molecule has 2 aromatic carbocycles. The van der Waals surface area contributed by atoms with Crippen LogP contribution in [-0.2, 0) is 39.0 Å². The number of benzene rings is 2. The summed E-state index contributed by atoms with van der Waals surface area (Å²) >= 11 is 1.38. The lowest BCUT2D eigenvalue weighted by Gasteiger charge is -2.27. The molecule has 0 radical (unpaired) electrons. The lowest BCUT2D eigenvalue weighted by molar-refractivity contribution is 0.0600. The fraction of sp³-hybridized carbons (Fsp3) is 0.379. The second kappa shape index (κ2) is 12.2. The number of amides is 1. The largest absolute Gasteiger partial charge is 0.465 e. The van der Waals surface area contributed by atoms with Gasteiger partial charge < -0.3 is 14.8 Å². The van der Waals surface area contributed by atoms with E-state index in [2.05, 4.69) is 22.3 Å². The van der Waals surface area contributed by atoms with E-state index in [-0.39, 0.29) is 23.1 Å². The number of hydrogen-bond donors (Lipinski definition) is 1. The zero-order chi connectivity index (χ0) is 28.3. The first-order chi connectivity index (χ1) is 19.3. The van der Waals surface area contributed by atoms with E-state index in [1.54, 1.807) is 0 Å². The summed E-state index contributed by atoms with van der Waals surface area (Å²) in [6.45, 7) is 3.19. The highest BCUT2D eigenvalue weighted by molar-refractivity contribution is 7.89. The fourth-order valence-electron chi connectivity index (χ4n) is 5.15. The zero-order valence-electron chi connectivity index (χ0n) is 22.6. The van der Waals surface area contributed by atoms with Crippen LogP contribution in [0, 0.1) is 0 Å². The Kier molecular flexibility index (Phi) is 8.67. The minimum atomic E-state index is -3.72. The van der Waals surface area contributed by atoms with Crippen LogP contribution in [0.1, 0.15) is 49.6 Å². The molecular formula is C29H33N3O6S2. The lowest BCUT2D eigenvalue weighted by Crippen LogP contribution is -2.34. The molecule has 1 atom stereocenters. The molecule has 1 unspecified atom stereocenters. The van der Waals surface area contributed by atoms with Crippen molar-refractivity contribution >= 4 is 38.2 Å². The number of esters is 1. The van der Waals surface area contributed by atoms with Crippen molar-refractivity contribution < 1.29 is 27.5 Å². The van der Waals surface area contributed by atoms with Crippen LogP contribution in [0.15, 0.2) is 59.5 Å². The van der Waals surface area contributed by atoms with Crippen molar-refractivity contribution in [3.8, 4) is 0 Å². The molecule has 0 aliphatic carbocycles. The molecule has 2 aliphatic rings. The predicted molar refractivity (Wildman–Crippen MR) is 153 cm³/mol. The summed E-state index contributed by atoms with van der Waals surface area (Å²) in [6, 6.07) is 16.0. The summed E-state index contributed by atoms with van der Waals surface area (Å²) in [7, 11) is -0.857. The first kappa shape index (κ1) is 28.4. The number of anilines is 1. The number of methoxy groups -OCH3 is 1. The van der Waals surface area contributed by atoms with Gasteiger partial charge in [-0.3, -0.25) is 9.69 Å². The number of ether oxygens (including phenoxy) is 2. The SMILES string of the molecule is COC(=O)c1c(NC(=O)c2ccc(S(=O)(=O)N(C)CC3CCCO3)cc2)sc2c1CCN(Cc1ccccc1)C2. The Balaban J connectivity index is 1.30. The maximum Gasteiger partial charge on any atom is 0.341 e. The molecule has 1 aromatic heterocycles. The monoisotopic (exact) mass is 583 g/mol. The van der Waals surface area contributed by atoms with Gasteiger partial charge in [0.25, 0.3) is 5.91 Å². The molecule has 2 aliphatic heterocycles. The number of hydrogen-bond acceptors (Lipinski definition) is 8. The van der Waals surface area contributed by atoms with E-state index in [4.69, 9.17) is 9.47 Å². The van der Waals surface area contributed by atoms with Crippen LogP contribution < -0.4 is 5.32 Å². The smallest absolute Gasteiger partial charge is 0.341 e. The van der Waals surface area contributed by atoms with Gasteiger partial charge in [0.05, 0.1) is 23.7 Å². The van der Waals surface area contributed by atoms with Gasteiger partial charge in [0.2, 0.25) is 10.0 Å². The van der Waals surface area contributed by atoms with Gasteiger partial charge in [0, 0.05) is 50.3 Å². The molecule has 5 rings (SSSR count). The van der Waals surface area contributed by atoms with Gasteiger partial charge >= 0.3 is 5.97 Å². The lowest BCUT2D eigenvalue weighted by atomic mass is 10.0. The van der Waals surface area contributed by atoms with E-state index >= 15 is 0 Å². The Hall–Kier alpha value is -3.09. The molecule has 1 amide bonds. The quantitative estimate of drug-likeness (QED) is 0.378. The molecule has 1 fully saturated rings. The predicted octanol–water partition coefficient (Wildman–Crippen LogP) is 4.14. The maximum atomic E-state index is 13.2. The summed E-state index contributed by atoms with van der Waals surface area (Å²) in [4.78, 5) is 29.4. The van der Waals surface area contributed by atoms with Crippen LogP contribution in [0.2, 0.25) is 0 Å². The second-order valence-corrected chi connectivity index (χ2v) is 13.2. The summed E-state index contributed by atoms with van der Waals surface area (Å²) in [5.74, 6) is -0.915. The topological polar surface area (TPSA) is 105 Å². The molecule has 212 valence electrons. The molecule has 0 saturated carbocycles. The number of fused-ring (bicyclic) bond motifs is 1. The van der Waals surface area contributed by atoms with Gasteiger partial charge in [-0.1, -0.05) is 30.3 Å². The molecular weight excluding hydrogens is 550 g/mol. The summed E-state index contributed by atoms with van der Waals surface area (Å²) in [5, 5.41) is 3.32. The van der Waals surface area contributed by atoms with Gasteiger partial charge in [-0.05, 0) is 54.7 Å².